The lowest BCUT2D eigenvalue weighted by Crippen LogP contribution is -2.29. The Labute approximate surface area is 144 Å². The molecule has 2 heterocycles. The van der Waals surface area contributed by atoms with Gasteiger partial charge in [0.15, 0.2) is 11.5 Å². The summed E-state index contributed by atoms with van der Waals surface area (Å²) in [7, 11) is 2.71. The lowest BCUT2D eigenvalue weighted by molar-refractivity contribution is -0.117. The Hall–Kier alpha value is -1.01. The summed E-state index contributed by atoms with van der Waals surface area (Å²) >= 11 is 1.88. The summed E-state index contributed by atoms with van der Waals surface area (Å²) in [6, 6.07) is 0. The summed E-state index contributed by atoms with van der Waals surface area (Å²) in [5, 5.41) is 0. The van der Waals surface area contributed by atoms with Gasteiger partial charge in [0.1, 0.15) is 3.70 Å². The second kappa shape index (κ2) is 6.62. The summed E-state index contributed by atoms with van der Waals surface area (Å²) < 4.78 is 27.4. The van der Waals surface area contributed by atoms with E-state index in [4.69, 9.17) is 10.7 Å². The molecule has 1 saturated heterocycles. The number of hydrogen-bond acceptors (Lipinski definition) is 7. The summed E-state index contributed by atoms with van der Waals surface area (Å²) in [5.74, 6) is -1.77. The van der Waals surface area contributed by atoms with Crippen LogP contribution in [0, 0.1) is 9.62 Å². The lowest BCUT2D eigenvalue weighted by atomic mass is 10.1. The van der Waals surface area contributed by atoms with Crippen LogP contribution in [-0.4, -0.2) is 49.7 Å². The van der Waals surface area contributed by atoms with Crippen LogP contribution in [0.5, 0.6) is 0 Å². The molecule has 1 unspecified atom stereocenters. The maximum atomic E-state index is 12.1. The molecule has 0 aromatic carbocycles. The average Bonchev–Trinajstić information content (AvgIpc) is 2.76. The fourth-order valence-electron chi connectivity index (χ4n) is 2.17. The first-order chi connectivity index (χ1) is 10.2. The molecule has 0 aliphatic carbocycles. The van der Waals surface area contributed by atoms with Crippen LogP contribution in [0.15, 0.2) is 6.20 Å². The molecule has 1 amide bonds. The van der Waals surface area contributed by atoms with Gasteiger partial charge in [0, 0.05) is 29.6 Å². The fraction of sp³-hybridized carbons (Fsp3) is 0.455. The summed E-state index contributed by atoms with van der Waals surface area (Å²) in [6.45, 7) is 0.101. The number of aromatic nitrogens is 2. The molecular formula is C11H11ClIN3O5S. The van der Waals surface area contributed by atoms with Gasteiger partial charge >= 0.3 is 5.97 Å². The highest BCUT2D eigenvalue weighted by molar-refractivity contribution is 14.1. The van der Waals surface area contributed by atoms with E-state index in [9.17, 15) is 18.0 Å². The van der Waals surface area contributed by atoms with Gasteiger partial charge in [0.2, 0.25) is 15.0 Å². The monoisotopic (exact) mass is 459 g/mol. The van der Waals surface area contributed by atoms with Crippen LogP contribution in [0.4, 0.5) is 5.82 Å². The molecule has 0 N–H and O–H groups in total. The van der Waals surface area contributed by atoms with Crippen molar-refractivity contribution in [1.82, 2.24) is 9.97 Å². The third-order valence-corrected chi connectivity index (χ3v) is 4.77. The van der Waals surface area contributed by atoms with Gasteiger partial charge in [0.25, 0.3) is 0 Å². The largest absolute Gasteiger partial charge is 0.464 e. The molecule has 0 saturated carbocycles. The highest BCUT2D eigenvalue weighted by Gasteiger charge is 2.36. The Morgan fingerprint density at radius 3 is 2.86 bits per heavy atom. The lowest BCUT2D eigenvalue weighted by Gasteiger charge is -2.17. The van der Waals surface area contributed by atoms with Crippen molar-refractivity contribution in [2.45, 2.75) is 6.42 Å². The Kier molecular flexibility index (Phi) is 5.22. The number of anilines is 1. The number of hydrogen-bond donors (Lipinski definition) is 0. The van der Waals surface area contributed by atoms with Crippen molar-refractivity contribution in [2.75, 3.05) is 24.3 Å². The van der Waals surface area contributed by atoms with Crippen LogP contribution in [0.1, 0.15) is 16.9 Å². The Morgan fingerprint density at radius 2 is 2.27 bits per heavy atom. The Bertz CT molecular complexity index is 726. The van der Waals surface area contributed by atoms with Crippen LogP contribution in [-0.2, 0) is 18.6 Å². The van der Waals surface area contributed by atoms with Crippen molar-refractivity contribution in [3.8, 4) is 0 Å². The Morgan fingerprint density at radius 1 is 1.59 bits per heavy atom. The molecule has 11 heteroatoms. The number of nitrogens with zero attached hydrogens (tertiary/aromatic N) is 3. The molecule has 120 valence electrons. The minimum Gasteiger partial charge on any atom is -0.464 e. The van der Waals surface area contributed by atoms with Crippen molar-refractivity contribution in [3.05, 3.63) is 15.6 Å². The van der Waals surface area contributed by atoms with Crippen LogP contribution >= 0.6 is 33.3 Å². The van der Waals surface area contributed by atoms with Gasteiger partial charge in [-0.25, -0.2) is 23.2 Å². The zero-order valence-electron chi connectivity index (χ0n) is 11.3. The zero-order valence-corrected chi connectivity index (χ0v) is 15.1. The van der Waals surface area contributed by atoms with E-state index >= 15 is 0 Å². The van der Waals surface area contributed by atoms with Crippen molar-refractivity contribution in [3.63, 3.8) is 0 Å². The van der Waals surface area contributed by atoms with E-state index in [1.165, 1.54) is 18.2 Å². The number of esters is 1. The predicted molar refractivity (Wildman–Crippen MR) is 86.2 cm³/mol. The molecule has 22 heavy (non-hydrogen) atoms. The van der Waals surface area contributed by atoms with Crippen LogP contribution in [0.2, 0.25) is 0 Å². The number of amides is 1. The first-order valence-corrected chi connectivity index (χ1v) is 9.60. The molecule has 0 radical (unpaired) electrons. The topological polar surface area (TPSA) is 107 Å². The molecule has 1 atom stereocenters. The molecule has 1 aliphatic heterocycles. The van der Waals surface area contributed by atoms with E-state index in [2.05, 4.69) is 14.7 Å². The number of ether oxygens (including phenoxy) is 1. The smallest absolute Gasteiger partial charge is 0.360 e. The number of methoxy groups -OCH3 is 1. The van der Waals surface area contributed by atoms with Gasteiger partial charge in [-0.2, -0.15) is 0 Å². The van der Waals surface area contributed by atoms with Crippen molar-refractivity contribution in [1.29, 1.82) is 0 Å². The molecule has 1 fully saturated rings. The van der Waals surface area contributed by atoms with E-state index < -0.39 is 20.9 Å². The molecule has 0 spiro atoms. The third kappa shape index (κ3) is 4.04. The summed E-state index contributed by atoms with van der Waals surface area (Å²) in [4.78, 5) is 33.2. The molecule has 1 aromatic heterocycles. The summed E-state index contributed by atoms with van der Waals surface area (Å²) in [6.07, 6.45) is 1.42. The van der Waals surface area contributed by atoms with E-state index in [0.717, 1.165) is 0 Å². The van der Waals surface area contributed by atoms with Gasteiger partial charge in [-0.05, 0) is 22.6 Å². The number of halogens is 2. The van der Waals surface area contributed by atoms with Gasteiger partial charge in [-0.3, -0.25) is 9.69 Å². The van der Waals surface area contributed by atoms with Crippen molar-refractivity contribution in [2.24, 2.45) is 5.92 Å². The van der Waals surface area contributed by atoms with Crippen molar-refractivity contribution >= 4 is 60.0 Å². The van der Waals surface area contributed by atoms with Gasteiger partial charge in [-0.15, -0.1) is 0 Å². The first-order valence-electron chi connectivity index (χ1n) is 6.05. The maximum absolute atomic E-state index is 12.1. The number of carbonyl (C=O) groups excluding carboxylic acids is 2. The van der Waals surface area contributed by atoms with Crippen LogP contribution < -0.4 is 4.90 Å². The highest BCUT2D eigenvalue weighted by atomic mass is 127. The minimum absolute atomic E-state index is 0.0141. The van der Waals surface area contributed by atoms with Gasteiger partial charge in [0.05, 0.1) is 19.1 Å². The second-order valence-corrected chi connectivity index (χ2v) is 8.56. The van der Waals surface area contributed by atoms with E-state index in [1.54, 1.807) is 0 Å². The normalized spacial score (nSPS) is 18.6. The molecule has 1 aliphatic rings. The third-order valence-electron chi connectivity index (χ3n) is 3.00. The van der Waals surface area contributed by atoms with E-state index in [0.29, 0.717) is 3.70 Å². The Balaban J connectivity index is 2.32. The quantitative estimate of drug-likeness (QED) is 0.372. The minimum atomic E-state index is -3.71. The molecule has 8 nitrogen and oxygen atoms in total. The molecule has 2 rings (SSSR count). The molecular weight excluding hydrogens is 449 g/mol. The number of carbonyl (C=O) groups is 2. The second-order valence-electron chi connectivity index (χ2n) is 4.64. The van der Waals surface area contributed by atoms with E-state index in [-0.39, 0.29) is 36.1 Å². The highest BCUT2D eigenvalue weighted by Crippen LogP contribution is 2.27. The fourth-order valence-corrected chi connectivity index (χ4v) is 3.87. The summed E-state index contributed by atoms with van der Waals surface area (Å²) in [5.41, 5.74) is -0.0860. The van der Waals surface area contributed by atoms with Gasteiger partial charge in [-0.1, -0.05) is 0 Å². The average molecular weight is 460 g/mol. The molecule has 1 aromatic rings. The van der Waals surface area contributed by atoms with Crippen LogP contribution in [0.3, 0.4) is 0 Å². The SMILES string of the molecule is COC(=O)c1nc(I)cnc1N1CC(CS(=O)(=O)Cl)CC1=O. The standard InChI is InChI=1S/C11H11ClIN3O5S/c1-21-11(18)9-10(14-3-7(13)15-9)16-4-6(2-8(16)17)5-22(12,19)20/h3,6H,2,4-5H2,1H3. The van der Waals surface area contributed by atoms with Crippen molar-refractivity contribution < 1.29 is 22.7 Å². The molecule has 0 bridgehead atoms. The van der Waals surface area contributed by atoms with Crippen LogP contribution in [0.25, 0.3) is 0 Å². The number of rotatable bonds is 4. The maximum Gasteiger partial charge on any atom is 0.360 e. The predicted octanol–water partition coefficient (Wildman–Crippen LogP) is 0.789. The first kappa shape index (κ1) is 17.3. The zero-order chi connectivity index (χ0) is 16.5. The van der Waals surface area contributed by atoms with Gasteiger partial charge < -0.3 is 4.74 Å². The van der Waals surface area contributed by atoms with E-state index in [1.807, 2.05) is 22.6 Å².